The maximum Gasteiger partial charge on any atom is 0.429 e. The molecule has 1 unspecified atom stereocenters. The minimum Gasteiger partial charge on any atom is -0.480 e. The van der Waals surface area contributed by atoms with Gasteiger partial charge < -0.3 is 25.8 Å². The van der Waals surface area contributed by atoms with Crippen LogP contribution in [0.5, 0.6) is 5.88 Å². The number of carbonyl (C=O) groups is 1. The molecule has 2 saturated heterocycles. The van der Waals surface area contributed by atoms with Crippen molar-refractivity contribution in [3.05, 3.63) is 76.8 Å². The van der Waals surface area contributed by atoms with E-state index in [-0.39, 0.29) is 33.5 Å². The Kier molecular flexibility index (Phi) is 8.27. The Balaban J connectivity index is 1.31. The van der Waals surface area contributed by atoms with Gasteiger partial charge in [-0.1, -0.05) is 29.8 Å². The van der Waals surface area contributed by atoms with Crippen molar-refractivity contribution >= 4 is 29.3 Å². The van der Waals surface area contributed by atoms with Crippen molar-refractivity contribution in [2.24, 2.45) is 5.41 Å². The zero-order valence-electron chi connectivity index (χ0n) is 24.6. The Morgan fingerprint density at radius 2 is 1.85 bits per heavy atom. The van der Waals surface area contributed by atoms with Crippen LogP contribution in [0.1, 0.15) is 36.6 Å². The molecule has 4 N–H and O–H groups in total. The number of aromatic nitrogens is 4. The van der Waals surface area contributed by atoms with Crippen LogP contribution in [0, 0.1) is 18.2 Å². The van der Waals surface area contributed by atoms with Gasteiger partial charge in [-0.15, -0.1) is 0 Å². The van der Waals surface area contributed by atoms with Gasteiger partial charge in [0.1, 0.15) is 17.7 Å². The van der Waals surface area contributed by atoms with Gasteiger partial charge in [0, 0.05) is 37.5 Å². The fraction of sp³-hybridized carbons (Fsp3) is 0.355. The van der Waals surface area contributed by atoms with Crippen molar-refractivity contribution in [1.29, 1.82) is 0 Å². The molecular weight excluding hydrogens is 630 g/mol. The van der Waals surface area contributed by atoms with Crippen LogP contribution in [-0.4, -0.2) is 62.7 Å². The van der Waals surface area contributed by atoms with Crippen LogP contribution >= 0.6 is 11.6 Å². The van der Waals surface area contributed by atoms with E-state index in [9.17, 15) is 27.5 Å². The second-order valence-electron chi connectivity index (χ2n) is 11.7. The molecule has 2 aromatic heterocycles. The third-order valence-electron chi connectivity index (χ3n) is 8.58. The molecule has 2 aliphatic heterocycles. The summed E-state index contributed by atoms with van der Waals surface area (Å²) in [5.74, 6) is -1.82. The zero-order chi connectivity index (χ0) is 32.8. The van der Waals surface area contributed by atoms with Crippen LogP contribution in [0.15, 0.2) is 54.7 Å². The van der Waals surface area contributed by atoms with E-state index in [1.54, 1.807) is 13.0 Å². The van der Waals surface area contributed by atoms with Crippen LogP contribution in [0.2, 0.25) is 5.02 Å². The lowest BCUT2D eigenvalue weighted by Gasteiger charge is -2.39. The molecule has 6 rings (SSSR count). The first-order chi connectivity index (χ1) is 21.8. The summed E-state index contributed by atoms with van der Waals surface area (Å²) in [6.07, 6.45) is -3.96. The number of hydrogen-bond acceptors (Lipinski definition) is 8. The van der Waals surface area contributed by atoms with Crippen LogP contribution in [0.3, 0.4) is 0 Å². The molecule has 2 fully saturated rings. The molecule has 15 heteroatoms. The second-order valence-corrected chi connectivity index (χ2v) is 12.1. The number of alkyl halides is 3. The third kappa shape index (κ3) is 6.44. The first-order valence-corrected chi connectivity index (χ1v) is 14.9. The molecule has 0 radical (unpaired) electrons. The second kappa shape index (κ2) is 12.1. The average Bonchev–Trinajstić information content (AvgIpc) is 3.63. The van der Waals surface area contributed by atoms with Crippen molar-refractivity contribution in [3.63, 3.8) is 0 Å². The lowest BCUT2D eigenvalue weighted by molar-refractivity contribution is -0.198. The Hall–Kier alpha value is -4.43. The van der Waals surface area contributed by atoms with Crippen molar-refractivity contribution in [3.8, 4) is 22.7 Å². The van der Waals surface area contributed by atoms with E-state index < -0.39 is 30.1 Å². The summed E-state index contributed by atoms with van der Waals surface area (Å²) >= 11 is 5.97. The van der Waals surface area contributed by atoms with E-state index in [1.165, 1.54) is 53.3 Å². The molecule has 0 saturated carbocycles. The molecule has 4 heterocycles. The van der Waals surface area contributed by atoms with Gasteiger partial charge in [0.2, 0.25) is 17.9 Å². The summed E-state index contributed by atoms with van der Waals surface area (Å²) in [7, 11) is 0. The molecule has 0 bridgehead atoms. The number of rotatable bonds is 7. The summed E-state index contributed by atoms with van der Waals surface area (Å²) in [5, 5.41) is 16.6. The number of piperidine rings is 1. The molecule has 1 spiro atoms. The maximum absolute atomic E-state index is 14.8. The number of carboxylic acids is 1. The highest BCUT2D eigenvalue weighted by molar-refractivity contribution is 6.31. The number of carboxylic acid groups (broad SMARTS) is 1. The van der Waals surface area contributed by atoms with Gasteiger partial charge in [-0.3, -0.25) is 4.79 Å². The van der Waals surface area contributed by atoms with Crippen molar-refractivity contribution in [1.82, 2.24) is 25.1 Å². The molecule has 0 amide bonds. The molecule has 0 aliphatic carbocycles. The monoisotopic (exact) mass is 659 g/mol. The van der Waals surface area contributed by atoms with Gasteiger partial charge in [0.25, 0.3) is 0 Å². The minimum atomic E-state index is -4.88. The van der Waals surface area contributed by atoms with E-state index in [4.69, 9.17) is 22.1 Å². The van der Waals surface area contributed by atoms with E-state index in [1.807, 2.05) is 4.90 Å². The Morgan fingerprint density at radius 3 is 2.48 bits per heavy atom. The van der Waals surface area contributed by atoms with Crippen molar-refractivity contribution in [2.75, 3.05) is 30.3 Å². The highest BCUT2D eigenvalue weighted by atomic mass is 35.5. The normalized spacial score (nSPS) is 18.6. The topological polar surface area (TPSA) is 131 Å². The summed E-state index contributed by atoms with van der Waals surface area (Å²) in [4.78, 5) is 21.5. The predicted octanol–water partition coefficient (Wildman–Crippen LogP) is 5.73. The number of hydrogen-bond donors (Lipinski definition) is 3. The van der Waals surface area contributed by atoms with Crippen LogP contribution < -0.4 is 20.7 Å². The average molecular weight is 660 g/mol. The van der Waals surface area contributed by atoms with Gasteiger partial charge in [-0.2, -0.15) is 28.2 Å². The van der Waals surface area contributed by atoms with Crippen molar-refractivity contribution < 1.29 is 32.2 Å². The van der Waals surface area contributed by atoms with E-state index in [0.29, 0.717) is 61.5 Å². The Morgan fingerprint density at radius 1 is 1.13 bits per heavy atom. The first kappa shape index (κ1) is 31.5. The predicted molar refractivity (Wildman–Crippen MR) is 162 cm³/mol. The molecule has 2 aromatic carbocycles. The Bertz CT molecular complexity index is 1780. The fourth-order valence-electron chi connectivity index (χ4n) is 6.13. The molecule has 2 atom stereocenters. The maximum atomic E-state index is 14.8. The molecule has 10 nitrogen and oxygen atoms in total. The number of ether oxygens (including phenoxy) is 1. The quantitative estimate of drug-likeness (QED) is 0.213. The van der Waals surface area contributed by atoms with E-state index in [2.05, 4.69) is 20.4 Å². The molecule has 46 heavy (non-hydrogen) atoms. The van der Waals surface area contributed by atoms with Crippen LogP contribution in [-0.2, 0) is 4.79 Å². The van der Waals surface area contributed by atoms with Crippen LogP contribution in [0.25, 0.3) is 16.8 Å². The smallest absolute Gasteiger partial charge is 0.429 e. The Labute approximate surface area is 266 Å². The molecular formula is C31H30ClF4N7O3. The summed E-state index contributed by atoms with van der Waals surface area (Å²) in [6, 6.07) is 10.7. The number of nitrogens with two attached hydrogens (primary N) is 1. The van der Waals surface area contributed by atoms with Gasteiger partial charge in [-0.25, -0.2) is 9.07 Å². The number of anilines is 2. The summed E-state index contributed by atoms with van der Waals surface area (Å²) in [5.41, 5.74) is 7.18. The van der Waals surface area contributed by atoms with E-state index in [0.717, 1.165) is 0 Å². The SMILES string of the molecule is Cc1ccn(-c2cc(-c3ccc(F)c(Cl)c3)ccc2[C@@H](Oc2cc(N3CCC4(CC3)CNC(C(=O)O)C4)nc(N)n2)C(F)(F)F)n1. The number of benzene rings is 2. The summed E-state index contributed by atoms with van der Waals surface area (Å²) < 4.78 is 65.1. The van der Waals surface area contributed by atoms with Gasteiger partial charge in [0.05, 0.1) is 16.4 Å². The number of aliphatic carboxylic acids is 1. The van der Waals surface area contributed by atoms with Crippen LogP contribution in [0.4, 0.5) is 29.3 Å². The van der Waals surface area contributed by atoms with Gasteiger partial charge in [-0.05, 0) is 67.0 Å². The first-order valence-electron chi connectivity index (χ1n) is 14.5. The van der Waals surface area contributed by atoms with Gasteiger partial charge in [0.15, 0.2) is 0 Å². The number of nitrogens with one attached hydrogen (secondary N) is 1. The number of halogens is 5. The lowest BCUT2D eigenvalue weighted by Crippen LogP contribution is -2.41. The third-order valence-corrected chi connectivity index (χ3v) is 8.87. The number of aryl methyl sites for hydroxylation is 1. The molecule has 2 aliphatic rings. The summed E-state index contributed by atoms with van der Waals surface area (Å²) in [6.45, 7) is 3.30. The molecule has 4 aromatic rings. The highest BCUT2D eigenvalue weighted by Gasteiger charge is 2.46. The minimum absolute atomic E-state index is 0.0850. The fourth-order valence-corrected chi connectivity index (χ4v) is 6.31. The van der Waals surface area contributed by atoms with Crippen molar-refractivity contribution in [2.45, 2.75) is 44.5 Å². The lowest BCUT2D eigenvalue weighted by atomic mass is 9.76. The number of nitrogen functional groups attached to an aromatic ring is 1. The largest absolute Gasteiger partial charge is 0.480 e. The number of nitrogens with zero attached hydrogens (tertiary/aromatic N) is 5. The van der Waals surface area contributed by atoms with E-state index >= 15 is 0 Å². The van der Waals surface area contributed by atoms with Gasteiger partial charge >= 0.3 is 12.1 Å². The zero-order valence-corrected chi connectivity index (χ0v) is 25.3. The molecule has 242 valence electrons. The standard InChI is InChI=1S/C31H30ClF4N7O3/c1-17-6-9-43(41-17)24-13-19(18-3-5-22(33)21(32)12-18)2-4-20(24)27(31(34,35)36)46-26-14-25(39-29(37)40-26)42-10-7-30(8-11-42)15-23(28(44)45)38-16-30/h2-6,9,12-14,23,27,38H,7-8,10-11,15-16H2,1H3,(H,44,45)(H2,37,39,40)/t23?,27-/m1/s1. The highest BCUT2D eigenvalue weighted by Crippen LogP contribution is 2.43.